The second-order valence-electron chi connectivity index (χ2n) is 8.65. The largest absolute Gasteiger partial charge is 0.491 e. The quantitative estimate of drug-likeness (QED) is 0.415. The van der Waals surface area contributed by atoms with E-state index in [1.165, 1.54) is 18.2 Å². The number of nitrogens with zero attached hydrogens (tertiary/aromatic N) is 3. The van der Waals surface area contributed by atoms with Crippen molar-refractivity contribution in [2.75, 3.05) is 33.9 Å². The highest BCUT2D eigenvalue weighted by atomic mass is 19.1. The molecule has 5 rings (SSSR count). The van der Waals surface area contributed by atoms with Gasteiger partial charge in [0, 0.05) is 30.3 Å². The third-order valence-electron chi connectivity index (χ3n) is 6.42. The van der Waals surface area contributed by atoms with Crippen LogP contribution < -0.4 is 14.8 Å². The number of nitrogens with one attached hydrogen (secondary N) is 1. The molecular formula is C27H26F2N4O3. The van der Waals surface area contributed by atoms with Crippen molar-refractivity contribution in [2.45, 2.75) is 13.0 Å². The Morgan fingerprint density at radius 2 is 2.06 bits per heavy atom. The monoisotopic (exact) mass is 492 g/mol. The van der Waals surface area contributed by atoms with Crippen molar-refractivity contribution in [3.8, 4) is 22.9 Å². The third-order valence-corrected chi connectivity index (χ3v) is 6.42. The number of hydrogen-bond donors (Lipinski definition) is 1. The average molecular weight is 493 g/mol. The zero-order valence-corrected chi connectivity index (χ0v) is 20.2. The van der Waals surface area contributed by atoms with E-state index in [0.29, 0.717) is 47.2 Å². The minimum absolute atomic E-state index is 0.204. The van der Waals surface area contributed by atoms with Crippen molar-refractivity contribution in [2.24, 2.45) is 0 Å². The minimum Gasteiger partial charge on any atom is -0.491 e. The van der Waals surface area contributed by atoms with Crippen LogP contribution in [0.2, 0.25) is 0 Å². The summed E-state index contributed by atoms with van der Waals surface area (Å²) in [4.78, 5) is 20.6. The highest BCUT2D eigenvalue weighted by Crippen LogP contribution is 2.38. The molecule has 1 unspecified atom stereocenters. The molecule has 2 aromatic carbocycles. The standard InChI is InChI=1S/C27H26F2N4O3/c1-16-13-17(7-10-20(16)29)26-25(31-23-5-4-6-24(35-3)33(23)26)27(34)32(12-11-30-2)21-15-36-22-14-18(28)8-9-19(21)22/h4-10,13-14,21,30H,11-12,15H2,1-3H3. The van der Waals surface area contributed by atoms with Gasteiger partial charge in [-0.2, -0.15) is 0 Å². The Hall–Kier alpha value is -3.98. The van der Waals surface area contributed by atoms with Gasteiger partial charge in [0.2, 0.25) is 0 Å². The van der Waals surface area contributed by atoms with Crippen molar-refractivity contribution < 1.29 is 23.0 Å². The molecule has 0 radical (unpaired) electrons. The van der Waals surface area contributed by atoms with E-state index in [1.54, 1.807) is 66.8 Å². The molecule has 1 N–H and O–H groups in total. The summed E-state index contributed by atoms with van der Waals surface area (Å²) in [6.45, 7) is 2.77. The number of hydrogen-bond acceptors (Lipinski definition) is 5. The molecule has 1 aliphatic rings. The Morgan fingerprint density at radius 1 is 1.22 bits per heavy atom. The maximum absolute atomic E-state index is 14.2. The molecule has 9 heteroatoms. The maximum Gasteiger partial charge on any atom is 0.275 e. The lowest BCUT2D eigenvalue weighted by Crippen LogP contribution is -2.40. The number of aromatic nitrogens is 2. The summed E-state index contributed by atoms with van der Waals surface area (Å²) >= 11 is 0. The average Bonchev–Trinajstić information content (AvgIpc) is 3.47. The molecule has 1 atom stereocenters. The summed E-state index contributed by atoms with van der Waals surface area (Å²) in [5, 5.41) is 3.08. The molecule has 4 aromatic rings. The van der Waals surface area contributed by atoms with Gasteiger partial charge in [-0.1, -0.05) is 12.1 Å². The molecule has 186 valence electrons. The predicted molar refractivity (Wildman–Crippen MR) is 131 cm³/mol. The van der Waals surface area contributed by atoms with Crippen LogP contribution in [0.1, 0.15) is 27.7 Å². The number of pyridine rings is 1. The second-order valence-corrected chi connectivity index (χ2v) is 8.65. The summed E-state index contributed by atoms with van der Waals surface area (Å²) in [5.74, 6) is -0.145. The molecule has 0 spiro atoms. The Bertz CT molecular complexity index is 1450. The first-order chi connectivity index (χ1) is 17.4. The molecule has 0 fully saturated rings. The maximum atomic E-state index is 14.2. The molecule has 2 aromatic heterocycles. The number of carbonyl (C=O) groups excluding carboxylic acids is 1. The van der Waals surface area contributed by atoms with Crippen LogP contribution in [0.15, 0.2) is 54.6 Å². The number of fused-ring (bicyclic) bond motifs is 2. The van der Waals surface area contributed by atoms with Gasteiger partial charge in [0.25, 0.3) is 5.91 Å². The molecule has 0 aliphatic carbocycles. The zero-order valence-electron chi connectivity index (χ0n) is 20.2. The second kappa shape index (κ2) is 9.58. The van der Waals surface area contributed by atoms with Crippen molar-refractivity contribution in [1.82, 2.24) is 19.6 Å². The van der Waals surface area contributed by atoms with Gasteiger partial charge in [-0.15, -0.1) is 0 Å². The molecule has 0 bridgehead atoms. The third kappa shape index (κ3) is 4.05. The van der Waals surface area contributed by atoms with Gasteiger partial charge < -0.3 is 19.7 Å². The van der Waals surface area contributed by atoms with Crippen molar-refractivity contribution in [1.29, 1.82) is 0 Å². The van der Waals surface area contributed by atoms with Gasteiger partial charge in [-0.25, -0.2) is 13.8 Å². The first-order valence-corrected chi connectivity index (χ1v) is 11.6. The topological polar surface area (TPSA) is 68.1 Å². The van der Waals surface area contributed by atoms with Crippen LogP contribution in [0.5, 0.6) is 11.6 Å². The summed E-state index contributed by atoms with van der Waals surface area (Å²) < 4.78 is 41.0. The zero-order chi connectivity index (χ0) is 25.4. The van der Waals surface area contributed by atoms with E-state index in [0.717, 1.165) is 5.56 Å². The number of methoxy groups -OCH3 is 1. The van der Waals surface area contributed by atoms with E-state index in [2.05, 4.69) is 5.32 Å². The Balaban J connectivity index is 1.68. The highest BCUT2D eigenvalue weighted by molar-refractivity contribution is 6.00. The Labute approximate surface area is 207 Å². The van der Waals surface area contributed by atoms with Crippen LogP contribution in [0, 0.1) is 18.6 Å². The molecule has 0 saturated heterocycles. The normalized spacial score (nSPS) is 14.5. The van der Waals surface area contributed by atoms with Gasteiger partial charge >= 0.3 is 0 Å². The summed E-state index contributed by atoms with van der Waals surface area (Å²) in [6, 6.07) is 14.0. The lowest BCUT2D eigenvalue weighted by atomic mass is 10.0. The van der Waals surface area contributed by atoms with Crippen LogP contribution in [-0.2, 0) is 0 Å². The Kier molecular flexibility index (Phi) is 6.32. The lowest BCUT2D eigenvalue weighted by molar-refractivity contribution is 0.0648. The summed E-state index contributed by atoms with van der Waals surface area (Å²) in [7, 11) is 3.35. The smallest absolute Gasteiger partial charge is 0.275 e. The van der Waals surface area contributed by atoms with Crippen LogP contribution >= 0.6 is 0 Å². The van der Waals surface area contributed by atoms with Gasteiger partial charge in [0.05, 0.1) is 18.8 Å². The van der Waals surface area contributed by atoms with Crippen molar-refractivity contribution in [3.63, 3.8) is 0 Å². The first kappa shape index (κ1) is 23.7. The highest BCUT2D eigenvalue weighted by Gasteiger charge is 2.36. The number of halogens is 2. The fourth-order valence-electron chi connectivity index (χ4n) is 4.62. The number of likely N-dealkylation sites (N-methyl/N-ethyl adjacent to an activating group) is 1. The molecule has 1 aliphatic heterocycles. The van der Waals surface area contributed by atoms with Crippen molar-refractivity contribution in [3.05, 3.63) is 83.1 Å². The summed E-state index contributed by atoms with van der Waals surface area (Å²) in [5.41, 5.74) is 3.05. The molecule has 0 saturated carbocycles. The van der Waals surface area contributed by atoms with Crippen LogP contribution in [0.3, 0.4) is 0 Å². The molecule has 1 amide bonds. The SMILES string of the molecule is CNCCN(C(=O)c1nc2cccc(OC)n2c1-c1ccc(F)c(C)c1)C1COc2cc(F)ccc21. The number of imidazole rings is 1. The fourth-order valence-corrected chi connectivity index (χ4v) is 4.62. The van der Waals surface area contributed by atoms with Crippen molar-refractivity contribution >= 4 is 11.6 Å². The van der Waals surface area contributed by atoms with Gasteiger partial charge in [0.15, 0.2) is 11.6 Å². The van der Waals surface area contributed by atoms with Crippen LogP contribution in [-0.4, -0.2) is 54.0 Å². The number of benzene rings is 2. The van der Waals surface area contributed by atoms with E-state index < -0.39 is 11.9 Å². The van der Waals surface area contributed by atoms with Gasteiger partial charge in [0.1, 0.15) is 29.6 Å². The molecule has 7 nitrogen and oxygen atoms in total. The predicted octanol–water partition coefficient (Wildman–Crippen LogP) is 4.39. The van der Waals surface area contributed by atoms with Gasteiger partial charge in [-0.05, 0) is 55.9 Å². The number of amides is 1. The van der Waals surface area contributed by atoms with E-state index in [1.807, 2.05) is 0 Å². The van der Waals surface area contributed by atoms with E-state index in [9.17, 15) is 13.6 Å². The summed E-state index contributed by atoms with van der Waals surface area (Å²) in [6.07, 6.45) is 0. The minimum atomic E-state index is -0.420. The first-order valence-electron chi connectivity index (χ1n) is 11.6. The lowest BCUT2D eigenvalue weighted by Gasteiger charge is -2.28. The number of aryl methyl sites for hydroxylation is 1. The van der Waals surface area contributed by atoms with Gasteiger partial charge in [-0.3, -0.25) is 9.20 Å². The Morgan fingerprint density at radius 3 is 2.81 bits per heavy atom. The fraction of sp³-hybridized carbons (Fsp3) is 0.259. The molecule has 36 heavy (non-hydrogen) atoms. The van der Waals surface area contributed by atoms with E-state index >= 15 is 0 Å². The number of ether oxygens (including phenoxy) is 2. The van der Waals surface area contributed by atoms with Crippen LogP contribution in [0.4, 0.5) is 8.78 Å². The van der Waals surface area contributed by atoms with E-state index in [4.69, 9.17) is 14.5 Å². The van der Waals surface area contributed by atoms with Crippen LogP contribution in [0.25, 0.3) is 16.9 Å². The molecular weight excluding hydrogens is 466 g/mol. The number of carbonyl (C=O) groups is 1. The van der Waals surface area contributed by atoms with E-state index in [-0.39, 0.29) is 24.0 Å². The molecule has 3 heterocycles. The number of rotatable bonds is 7.